The number of benzene rings is 2. The summed E-state index contributed by atoms with van der Waals surface area (Å²) in [6, 6.07) is 13.1. The van der Waals surface area contributed by atoms with E-state index in [4.69, 9.17) is 9.47 Å². The maximum Gasteiger partial charge on any atom is 0.328 e. The van der Waals surface area contributed by atoms with Crippen molar-refractivity contribution in [1.82, 2.24) is 24.5 Å². The maximum atomic E-state index is 11.6. The first-order valence-corrected chi connectivity index (χ1v) is 11.1. The molecule has 2 N–H and O–H groups in total. The molecule has 178 valence electrons. The number of ether oxygens (including phenoxy) is 2. The second-order valence-electron chi connectivity index (χ2n) is 8.19. The number of carbonyl (C=O) groups is 1. The van der Waals surface area contributed by atoms with Crippen LogP contribution in [0.15, 0.2) is 61.3 Å². The lowest BCUT2D eigenvalue weighted by Crippen LogP contribution is -2.26. The fourth-order valence-electron chi connectivity index (χ4n) is 3.97. The molecule has 3 heterocycles. The van der Waals surface area contributed by atoms with E-state index in [1.165, 1.54) is 21.7 Å². The number of amides is 1. The van der Waals surface area contributed by atoms with Gasteiger partial charge in [-0.2, -0.15) is 19.6 Å². The number of aromatic nitrogens is 4. The predicted octanol–water partition coefficient (Wildman–Crippen LogP) is 3.78. The van der Waals surface area contributed by atoms with Gasteiger partial charge in [-0.15, -0.1) is 0 Å². The molecule has 0 spiro atoms. The third kappa shape index (κ3) is 4.78. The molecule has 0 saturated carbocycles. The Morgan fingerprint density at radius 2 is 2.06 bits per heavy atom. The number of anilines is 3. The second kappa shape index (κ2) is 9.43. The van der Waals surface area contributed by atoms with Crippen molar-refractivity contribution >= 4 is 28.9 Å². The third-order valence-corrected chi connectivity index (χ3v) is 5.69. The highest BCUT2D eigenvalue weighted by molar-refractivity contribution is 5.98. The molecule has 0 radical (unpaired) electrons. The average Bonchev–Trinajstić information content (AvgIpc) is 3.33. The van der Waals surface area contributed by atoms with Crippen LogP contribution >= 0.6 is 0 Å². The summed E-state index contributed by atoms with van der Waals surface area (Å²) in [7, 11) is 3.76. The van der Waals surface area contributed by atoms with Crippen LogP contribution in [-0.4, -0.2) is 51.1 Å². The van der Waals surface area contributed by atoms with Crippen molar-refractivity contribution in [2.45, 2.75) is 13.0 Å². The zero-order valence-electron chi connectivity index (χ0n) is 19.5. The smallest absolute Gasteiger partial charge is 0.328 e. The van der Waals surface area contributed by atoms with E-state index in [0.29, 0.717) is 28.8 Å². The molecule has 0 fully saturated rings. The van der Waals surface area contributed by atoms with Crippen LogP contribution < -0.4 is 20.1 Å². The molecule has 2 aromatic heterocycles. The van der Waals surface area contributed by atoms with Crippen molar-refractivity contribution in [3.63, 3.8) is 0 Å². The highest BCUT2D eigenvalue weighted by Crippen LogP contribution is 2.33. The van der Waals surface area contributed by atoms with Crippen LogP contribution in [-0.2, 0) is 17.8 Å². The third-order valence-electron chi connectivity index (χ3n) is 5.69. The maximum absolute atomic E-state index is 11.6. The minimum Gasteiger partial charge on any atom is -0.495 e. The van der Waals surface area contributed by atoms with Crippen molar-refractivity contribution in [2.24, 2.45) is 0 Å². The van der Waals surface area contributed by atoms with Gasteiger partial charge in [0.2, 0.25) is 11.9 Å². The Bertz CT molecular complexity index is 1420. The van der Waals surface area contributed by atoms with Crippen molar-refractivity contribution < 1.29 is 14.3 Å². The Balaban J connectivity index is 1.46. The van der Waals surface area contributed by atoms with E-state index in [2.05, 4.69) is 56.4 Å². The number of nitrogens with one attached hydrogen (secondary N) is 2. The first kappa shape index (κ1) is 22.4. The largest absolute Gasteiger partial charge is 0.495 e. The highest BCUT2D eigenvalue weighted by atomic mass is 16.5. The number of likely N-dealkylation sites (N-methyl/N-ethyl adjacent to an activating group) is 1. The van der Waals surface area contributed by atoms with Gasteiger partial charge in [0.15, 0.2) is 5.65 Å². The lowest BCUT2D eigenvalue weighted by molar-refractivity contribution is -0.111. The van der Waals surface area contributed by atoms with Gasteiger partial charge in [0.1, 0.15) is 11.5 Å². The molecule has 0 saturated heterocycles. The normalized spacial score (nSPS) is 13.2. The summed E-state index contributed by atoms with van der Waals surface area (Å²) in [5.74, 6) is 1.22. The van der Waals surface area contributed by atoms with E-state index in [-0.39, 0.29) is 11.9 Å². The topological polar surface area (TPSA) is 106 Å². The Morgan fingerprint density at radius 1 is 1.17 bits per heavy atom. The molecular weight excluding hydrogens is 446 g/mol. The SMILES string of the molecule is C=CC(=O)Nc1cccc(Oc2nc(Nc3cc4c(cc3OC)CN(C)CC4)nc3ccnn23)c1. The molecule has 1 aliphatic rings. The summed E-state index contributed by atoms with van der Waals surface area (Å²) in [5, 5.41) is 10.3. The number of fused-ring (bicyclic) bond motifs is 2. The van der Waals surface area contributed by atoms with E-state index >= 15 is 0 Å². The lowest BCUT2D eigenvalue weighted by atomic mass is 9.99. The van der Waals surface area contributed by atoms with Crippen molar-refractivity contribution in [3.8, 4) is 17.5 Å². The van der Waals surface area contributed by atoms with Gasteiger partial charge >= 0.3 is 6.01 Å². The number of methoxy groups -OCH3 is 1. The van der Waals surface area contributed by atoms with Gasteiger partial charge in [-0.25, -0.2) is 0 Å². The monoisotopic (exact) mass is 471 g/mol. The molecule has 4 aromatic rings. The van der Waals surface area contributed by atoms with Crippen LogP contribution in [0, 0.1) is 0 Å². The van der Waals surface area contributed by atoms with Gasteiger partial charge in [-0.05, 0) is 54.9 Å². The summed E-state index contributed by atoms with van der Waals surface area (Å²) >= 11 is 0. The van der Waals surface area contributed by atoms with Gasteiger partial charge in [0.25, 0.3) is 0 Å². The predicted molar refractivity (Wildman–Crippen MR) is 132 cm³/mol. The van der Waals surface area contributed by atoms with Crippen LogP contribution in [0.2, 0.25) is 0 Å². The fraction of sp³-hybridized carbons (Fsp3) is 0.200. The van der Waals surface area contributed by atoms with Crippen molar-refractivity contribution in [3.05, 3.63) is 72.4 Å². The number of nitrogens with zero attached hydrogens (tertiary/aromatic N) is 5. The van der Waals surface area contributed by atoms with E-state index in [9.17, 15) is 4.79 Å². The van der Waals surface area contributed by atoms with E-state index < -0.39 is 0 Å². The molecule has 35 heavy (non-hydrogen) atoms. The molecule has 5 rings (SSSR count). The first-order chi connectivity index (χ1) is 17.0. The number of rotatable bonds is 7. The van der Waals surface area contributed by atoms with E-state index in [1.54, 1.807) is 43.6 Å². The molecule has 0 bridgehead atoms. The van der Waals surface area contributed by atoms with Crippen molar-refractivity contribution in [2.75, 3.05) is 31.3 Å². The zero-order valence-corrected chi connectivity index (χ0v) is 19.5. The minimum absolute atomic E-state index is 0.216. The van der Waals surface area contributed by atoms with Gasteiger partial charge in [-0.1, -0.05) is 12.6 Å². The summed E-state index contributed by atoms with van der Waals surface area (Å²) in [4.78, 5) is 23.1. The second-order valence-corrected chi connectivity index (χ2v) is 8.19. The molecule has 1 amide bonds. The molecule has 0 aliphatic carbocycles. The highest BCUT2D eigenvalue weighted by Gasteiger charge is 2.18. The molecule has 10 nitrogen and oxygen atoms in total. The van der Waals surface area contributed by atoms with Gasteiger partial charge in [0.05, 0.1) is 19.0 Å². The summed E-state index contributed by atoms with van der Waals surface area (Å²) < 4.78 is 13.2. The fourth-order valence-corrected chi connectivity index (χ4v) is 3.97. The van der Waals surface area contributed by atoms with Gasteiger partial charge in [0, 0.05) is 30.9 Å². The van der Waals surface area contributed by atoms with E-state index in [0.717, 1.165) is 25.2 Å². The van der Waals surface area contributed by atoms with Crippen molar-refractivity contribution in [1.29, 1.82) is 0 Å². The standard InChI is InChI=1S/C25H25N7O3/c1-4-23(33)27-18-6-5-7-19(14-18)35-25-30-24(29-22-8-10-26-32(22)25)28-20-12-16-9-11-31(2)15-17(16)13-21(20)34-3/h4-8,10,12-14H,1,9,11,15H2,2-3H3,(H,27,33)(H,28,29). The Hall–Kier alpha value is -4.44. The summed E-state index contributed by atoms with van der Waals surface area (Å²) in [6.45, 7) is 5.35. The van der Waals surface area contributed by atoms with Crippen LogP contribution in [0.5, 0.6) is 17.5 Å². The summed E-state index contributed by atoms with van der Waals surface area (Å²) in [6.07, 6.45) is 3.79. The minimum atomic E-state index is -0.309. The van der Waals surface area contributed by atoms with Crippen LogP contribution in [0.25, 0.3) is 5.65 Å². The Morgan fingerprint density at radius 3 is 2.89 bits per heavy atom. The molecule has 0 unspecified atom stereocenters. The molecule has 1 aliphatic heterocycles. The lowest BCUT2D eigenvalue weighted by Gasteiger charge is -2.26. The molecular formula is C25H25N7O3. The quantitative estimate of drug-likeness (QED) is 0.392. The van der Waals surface area contributed by atoms with Gasteiger partial charge < -0.3 is 25.0 Å². The number of carbonyl (C=O) groups excluding carboxylic acids is 1. The van der Waals surface area contributed by atoms with Crippen LogP contribution in [0.4, 0.5) is 17.3 Å². The Kier molecular flexibility index (Phi) is 6.02. The number of hydrogen-bond donors (Lipinski definition) is 2. The van der Waals surface area contributed by atoms with Crippen LogP contribution in [0.3, 0.4) is 0 Å². The number of hydrogen-bond acceptors (Lipinski definition) is 8. The zero-order chi connectivity index (χ0) is 24.4. The van der Waals surface area contributed by atoms with Crippen LogP contribution in [0.1, 0.15) is 11.1 Å². The molecule has 10 heteroatoms. The first-order valence-electron chi connectivity index (χ1n) is 11.1. The summed E-state index contributed by atoms with van der Waals surface area (Å²) in [5.41, 5.74) is 4.43. The Labute approximate surface area is 202 Å². The average molecular weight is 472 g/mol. The van der Waals surface area contributed by atoms with Gasteiger partial charge in [-0.3, -0.25) is 4.79 Å². The molecule has 2 aromatic carbocycles. The molecule has 0 atom stereocenters. The van der Waals surface area contributed by atoms with E-state index in [1.807, 2.05) is 0 Å².